The summed E-state index contributed by atoms with van der Waals surface area (Å²) in [7, 11) is 0. The highest BCUT2D eigenvalue weighted by molar-refractivity contribution is 7.21. The van der Waals surface area contributed by atoms with Crippen molar-refractivity contribution in [1.29, 1.82) is 0 Å². The highest BCUT2D eigenvalue weighted by atomic mass is 35.5. The zero-order chi connectivity index (χ0) is 30.3. The minimum absolute atomic E-state index is 0.166. The van der Waals surface area contributed by atoms with E-state index in [1.807, 2.05) is 49.4 Å². The van der Waals surface area contributed by atoms with Crippen LogP contribution in [-0.4, -0.2) is 29.9 Å². The molecule has 4 aromatic carbocycles. The van der Waals surface area contributed by atoms with Crippen molar-refractivity contribution in [3.63, 3.8) is 0 Å². The van der Waals surface area contributed by atoms with Gasteiger partial charge in [0.25, 0.3) is 5.91 Å². The number of carbonyl (C=O) groups is 4. The van der Waals surface area contributed by atoms with Gasteiger partial charge in [0.2, 0.25) is 0 Å². The molecule has 0 unspecified atom stereocenters. The summed E-state index contributed by atoms with van der Waals surface area (Å²) < 4.78 is 6.34. The molecule has 0 aliphatic rings. The molecule has 0 radical (unpaired) electrons. The summed E-state index contributed by atoms with van der Waals surface area (Å²) in [6.45, 7) is 1.90. The molecule has 5 rings (SSSR count). The molecule has 214 valence electrons. The number of nitrogens with zero attached hydrogens (tertiary/aromatic N) is 1. The lowest BCUT2D eigenvalue weighted by Gasteiger charge is -2.11. The first-order chi connectivity index (χ1) is 20.8. The zero-order valence-electron chi connectivity index (χ0n) is 22.6. The van der Waals surface area contributed by atoms with Crippen molar-refractivity contribution in [1.82, 2.24) is 5.43 Å². The summed E-state index contributed by atoms with van der Waals surface area (Å²) in [4.78, 5) is 50.6. The Morgan fingerprint density at radius 2 is 1.58 bits per heavy atom. The Morgan fingerprint density at radius 3 is 2.35 bits per heavy atom. The summed E-state index contributed by atoms with van der Waals surface area (Å²) in [5.41, 5.74) is 4.65. The predicted octanol–water partition coefficient (Wildman–Crippen LogP) is 6.42. The zero-order valence-corrected chi connectivity index (χ0v) is 24.2. The molecule has 0 saturated heterocycles. The normalized spacial score (nSPS) is 10.8. The number of hydrazone groups is 1. The molecule has 11 heteroatoms. The second-order valence-corrected chi connectivity index (χ2v) is 10.7. The van der Waals surface area contributed by atoms with Gasteiger partial charge in [0.05, 0.1) is 22.5 Å². The lowest BCUT2D eigenvalue weighted by atomic mass is 10.1. The molecule has 0 bridgehead atoms. The van der Waals surface area contributed by atoms with Gasteiger partial charge in [0.15, 0.2) is 0 Å². The first-order valence-electron chi connectivity index (χ1n) is 12.9. The maximum Gasteiger partial charge on any atom is 0.355 e. The van der Waals surface area contributed by atoms with Crippen LogP contribution in [0.3, 0.4) is 0 Å². The first-order valence-corrected chi connectivity index (χ1v) is 14.1. The van der Waals surface area contributed by atoms with Gasteiger partial charge in [0.1, 0.15) is 10.6 Å². The molecule has 0 spiro atoms. The Morgan fingerprint density at radius 1 is 0.837 bits per heavy atom. The quantitative estimate of drug-likeness (QED) is 0.0644. The lowest BCUT2D eigenvalue weighted by Crippen LogP contribution is -2.33. The lowest BCUT2D eigenvalue weighted by molar-refractivity contribution is -0.136. The van der Waals surface area contributed by atoms with Crippen LogP contribution in [0.25, 0.3) is 10.1 Å². The SMILES string of the molecule is Cc1cccc(NC(=O)c2ccccc2NC(=O)C(=O)NN=Cc2ccc(OC(=O)c3sc4ccccc4c3Cl)cc2)c1. The summed E-state index contributed by atoms with van der Waals surface area (Å²) in [6.07, 6.45) is 1.32. The van der Waals surface area contributed by atoms with E-state index in [4.69, 9.17) is 16.3 Å². The molecule has 0 saturated carbocycles. The Bertz CT molecular complexity index is 1880. The summed E-state index contributed by atoms with van der Waals surface area (Å²) in [5, 5.41) is 10.2. The van der Waals surface area contributed by atoms with E-state index in [9.17, 15) is 19.2 Å². The van der Waals surface area contributed by atoms with Crippen LogP contribution in [0.4, 0.5) is 11.4 Å². The predicted molar refractivity (Wildman–Crippen MR) is 168 cm³/mol. The standard InChI is InChI=1S/C32H23ClN4O5S/c1-19-7-6-8-21(17-19)35-29(38)23-9-2-4-11-25(23)36-30(39)31(40)37-34-18-20-13-15-22(16-14-20)42-32(41)28-27(33)24-10-3-5-12-26(24)43-28/h2-18H,1H3,(H,35,38)(H,36,39)(H,37,40). The number of rotatable bonds is 7. The third-order valence-electron chi connectivity index (χ3n) is 6.09. The van der Waals surface area contributed by atoms with E-state index in [-0.39, 0.29) is 11.3 Å². The molecule has 9 nitrogen and oxygen atoms in total. The van der Waals surface area contributed by atoms with Crippen LogP contribution >= 0.6 is 22.9 Å². The molecule has 0 fully saturated rings. The molecule has 1 heterocycles. The second-order valence-electron chi connectivity index (χ2n) is 9.22. The molecule has 5 aromatic rings. The fraction of sp³-hybridized carbons (Fsp3) is 0.0312. The monoisotopic (exact) mass is 610 g/mol. The molecule has 0 aliphatic carbocycles. The largest absolute Gasteiger partial charge is 0.422 e. The molecule has 43 heavy (non-hydrogen) atoms. The number of hydrogen-bond acceptors (Lipinski definition) is 7. The smallest absolute Gasteiger partial charge is 0.355 e. The average Bonchev–Trinajstić information content (AvgIpc) is 3.34. The summed E-state index contributed by atoms with van der Waals surface area (Å²) in [5.74, 6) is -2.75. The fourth-order valence-electron chi connectivity index (χ4n) is 4.03. The summed E-state index contributed by atoms with van der Waals surface area (Å²) in [6, 6.07) is 27.4. The van der Waals surface area contributed by atoms with Gasteiger partial charge in [-0.25, -0.2) is 10.2 Å². The van der Waals surface area contributed by atoms with Crippen molar-refractivity contribution in [3.05, 3.63) is 124 Å². The maximum absolute atomic E-state index is 12.8. The molecule has 0 atom stereocenters. The Balaban J connectivity index is 1.15. The van der Waals surface area contributed by atoms with Crippen molar-refractivity contribution < 1.29 is 23.9 Å². The first kappa shape index (κ1) is 29.2. The number of amides is 3. The van der Waals surface area contributed by atoms with Gasteiger partial charge >= 0.3 is 17.8 Å². The Labute approximate surface area is 255 Å². The van der Waals surface area contributed by atoms with E-state index in [1.165, 1.54) is 29.7 Å². The van der Waals surface area contributed by atoms with Gasteiger partial charge < -0.3 is 15.4 Å². The van der Waals surface area contributed by atoms with E-state index >= 15 is 0 Å². The van der Waals surface area contributed by atoms with E-state index in [2.05, 4.69) is 21.2 Å². The fourth-order valence-corrected chi connectivity index (χ4v) is 5.41. The van der Waals surface area contributed by atoms with Crippen molar-refractivity contribution >= 4 is 74.3 Å². The molecule has 3 amide bonds. The van der Waals surface area contributed by atoms with Gasteiger partial charge in [-0.2, -0.15) is 5.10 Å². The van der Waals surface area contributed by atoms with E-state index < -0.39 is 23.7 Å². The Hall–Kier alpha value is -5.32. The number of esters is 1. The van der Waals surface area contributed by atoms with Crippen molar-refractivity contribution in [3.8, 4) is 5.75 Å². The topological polar surface area (TPSA) is 126 Å². The maximum atomic E-state index is 12.8. The number of anilines is 2. The number of hydrogen-bond donors (Lipinski definition) is 3. The summed E-state index contributed by atoms with van der Waals surface area (Å²) >= 11 is 7.61. The van der Waals surface area contributed by atoms with E-state index in [0.29, 0.717) is 26.9 Å². The minimum Gasteiger partial charge on any atom is -0.422 e. The number of fused-ring (bicyclic) bond motifs is 1. The second kappa shape index (κ2) is 13.1. The van der Waals surface area contributed by atoms with Crippen LogP contribution in [0, 0.1) is 6.92 Å². The van der Waals surface area contributed by atoms with Gasteiger partial charge in [-0.15, -0.1) is 11.3 Å². The highest BCUT2D eigenvalue weighted by Gasteiger charge is 2.20. The number of carbonyl (C=O) groups excluding carboxylic acids is 4. The van der Waals surface area contributed by atoms with Crippen molar-refractivity contribution in [2.24, 2.45) is 5.10 Å². The van der Waals surface area contributed by atoms with E-state index in [1.54, 1.807) is 42.5 Å². The number of para-hydroxylation sites is 1. The third-order valence-corrected chi connectivity index (χ3v) is 7.75. The number of thiophene rings is 1. The molecule has 1 aromatic heterocycles. The minimum atomic E-state index is -1.03. The number of aryl methyl sites for hydroxylation is 1. The van der Waals surface area contributed by atoms with Crippen LogP contribution in [0.15, 0.2) is 102 Å². The van der Waals surface area contributed by atoms with Crippen LogP contribution in [0.5, 0.6) is 5.75 Å². The molecular formula is C32H23ClN4O5S. The van der Waals surface area contributed by atoms with Gasteiger partial charge in [0, 0.05) is 15.8 Å². The van der Waals surface area contributed by atoms with Gasteiger partial charge in [-0.3, -0.25) is 14.4 Å². The van der Waals surface area contributed by atoms with Crippen molar-refractivity contribution in [2.45, 2.75) is 6.92 Å². The number of ether oxygens (including phenoxy) is 1. The van der Waals surface area contributed by atoms with Crippen molar-refractivity contribution in [2.75, 3.05) is 10.6 Å². The van der Waals surface area contributed by atoms with E-state index in [0.717, 1.165) is 15.6 Å². The van der Waals surface area contributed by atoms with Gasteiger partial charge in [-0.05, 0) is 72.6 Å². The van der Waals surface area contributed by atoms with Crippen LogP contribution in [0.2, 0.25) is 5.02 Å². The van der Waals surface area contributed by atoms with Crippen LogP contribution in [0.1, 0.15) is 31.2 Å². The number of benzene rings is 4. The highest BCUT2D eigenvalue weighted by Crippen LogP contribution is 2.35. The van der Waals surface area contributed by atoms with Crippen LogP contribution < -0.4 is 20.8 Å². The average molecular weight is 611 g/mol. The third kappa shape index (κ3) is 7.13. The van der Waals surface area contributed by atoms with Crippen LogP contribution in [-0.2, 0) is 9.59 Å². The number of halogens is 1. The number of nitrogens with one attached hydrogen (secondary N) is 3. The Kier molecular flexibility index (Phi) is 8.90. The van der Waals surface area contributed by atoms with Gasteiger partial charge in [-0.1, -0.05) is 54.1 Å². The molecular weight excluding hydrogens is 588 g/mol. The molecule has 3 N–H and O–H groups in total. The molecule has 0 aliphatic heterocycles.